The van der Waals surface area contributed by atoms with Crippen LogP contribution in [0.15, 0.2) is 24.3 Å². The molecule has 4 aliphatic heterocycles. The minimum absolute atomic E-state index is 0.0581. The highest BCUT2D eigenvalue weighted by Gasteiger charge is 2.76. The second-order valence-electron chi connectivity index (χ2n) is 17.6. The molecule has 4 bridgehead atoms. The predicted molar refractivity (Wildman–Crippen MR) is 184 cm³/mol. The summed E-state index contributed by atoms with van der Waals surface area (Å²) >= 11 is 0. The molecule has 2 aromatic carbocycles. The number of aromatic nitrogens is 1. The number of rotatable bonds is 6. The van der Waals surface area contributed by atoms with E-state index in [1.54, 1.807) is 12.1 Å². The maximum Gasteiger partial charge on any atom is 0.166 e. The zero-order valence-corrected chi connectivity index (χ0v) is 28.8. The first-order valence-corrected chi connectivity index (χ1v) is 19.4. The van der Waals surface area contributed by atoms with E-state index in [4.69, 9.17) is 9.47 Å². The number of piperidine rings is 2. The van der Waals surface area contributed by atoms with Crippen molar-refractivity contribution in [3.63, 3.8) is 0 Å². The van der Waals surface area contributed by atoms with Crippen molar-refractivity contribution in [3.8, 4) is 23.0 Å². The smallest absolute Gasteiger partial charge is 0.166 e. The summed E-state index contributed by atoms with van der Waals surface area (Å²) in [4.78, 5) is 9.02. The van der Waals surface area contributed by atoms with Crippen LogP contribution < -0.4 is 9.47 Å². The van der Waals surface area contributed by atoms with E-state index in [-0.39, 0.29) is 23.6 Å². The molecule has 5 aliphatic carbocycles. The van der Waals surface area contributed by atoms with Gasteiger partial charge in [-0.2, -0.15) is 0 Å². The second kappa shape index (κ2) is 9.21. The maximum atomic E-state index is 13.5. The van der Waals surface area contributed by atoms with E-state index in [0.717, 1.165) is 98.3 Å². The molecule has 1 aromatic heterocycles. The van der Waals surface area contributed by atoms with Crippen LogP contribution in [0.2, 0.25) is 0 Å². The summed E-state index contributed by atoms with van der Waals surface area (Å²) in [7, 11) is 0. The molecule has 0 radical (unpaired) electrons. The quantitative estimate of drug-likeness (QED) is 0.240. The fraction of sp³-hybridized carbons (Fsp3) is 0.610. The number of aliphatic hydroxyl groups is 2. The number of unbranched alkanes of at least 4 members (excludes halogenated alkanes) is 2. The number of hydrogen-bond donors (Lipinski definition) is 5. The number of fused-ring (bicyclic) bond motifs is 5. The summed E-state index contributed by atoms with van der Waals surface area (Å²) in [6.07, 6.45) is 8.89. The number of aromatic amines is 1. The van der Waals surface area contributed by atoms with Gasteiger partial charge in [-0.3, -0.25) is 9.80 Å². The van der Waals surface area contributed by atoms with Crippen molar-refractivity contribution in [1.82, 2.24) is 14.8 Å². The Morgan fingerprint density at radius 1 is 0.760 bits per heavy atom. The fourth-order valence-electron chi connectivity index (χ4n) is 13.3. The van der Waals surface area contributed by atoms with E-state index >= 15 is 0 Å². The van der Waals surface area contributed by atoms with Crippen molar-refractivity contribution in [2.75, 3.05) is 26.2 Å². The number of benzene rings is 2. The molecule has 0 amide bonds. The molecule has 5 N–H and O–H groups in total. The average molecular weight is 678 g/mol. The highest BCUT2D eigenvalue weighted by Crippen LogP contribution is 2.72. The first-order valence-electron chi connectivity index (χ1n) is 19.4. The van der Waals surface area contributed by atoms with Gasteiger partial charge in [-0.15, -0.1) is 0 Å². The third-order valence-corrected chi connectivity index (χ3v) is 15.6. The summed E-state index contributed by atoms with van der Waals surface area (Å²) in [5.74, 6) is 2.04. The molecular weight excluding hydrogens is 630 g/mol. The summed E-state index contributed by atoms with van der Waals surface area (Å²) in [5.41, 5.74) is 4.84. The van der Waals surface area contributed by atoms with Gasteiger partial charge in [0.15, 0.2) is 35.2 Å². The van der Waals surface area contributed by atoms with Crippen LogP contribution in [0, 0.1) is 5.92 Å². The zero-order valence-electron chi connectivity index (χ0n) is 28.8. The molecule has 50 heavy (non-hydrogen) atoms. The van der Waals surface area contributed by atoms with E-state index in [1.165, 1.54) is 30.4 Å². The van der Waals surface area contributed by atoms with Gasteiger partial charge in [0.1, 0.15) is 0 Å². The van der Waals surface area contributed by atoms with Crippen molar-refractivity contribution in [1.29, 1.82) is 0 Å². The molecule has 2 saturated heterocycles. The number of nitrogens with zero attached hydrogens (tertiary/aromatic N) is 2. The van der Waals surface area contributed by atoms with Crippen LogP contribution in [0.1, 0.15) is 109 Å². The Bertz CT molecular complexity index is 2020. The van der Waals surface area contributed by atoms with Crippen LogP contribution in [0.4, 0.5) is 0 Å². The molecule has 262 valence electrons. The first kappa shape index (κ1) is 29.3. The minimum Gasteiger partial charge on any atom is -0.504 e. The van der Waals surface area contributed by atoms with E-state index in [1.807, 2.05) is 0 Å². The van der Waals surface area contributed by atoms with Gasteiger partial charge in [-0.25, -0.2) is 0 Å². The number of ether oxygens (including phenoxy) is 2. The summed E-state index contributed by atoms with van der Waals surface area (Å²) in [5, 5.41) is 49.5. The first-order chi connectivity index (χ1) is 24.2. The lowest BCUT2D eigenvalue weighted by molar-refractivity contribution is -0.175. The average Bonchev–Trinajstić information content (AvgIpc) is 3.59. The lowest BCUT2D eigenvalue weighted by Crippen LogP contribution is -2.75. The Morgan fingerprint density at radius 3 is 1.84 bits per heavy atom. The Kier molecular flexibility index (Phi) is 5.41. The van der Waals surface area contributed by atoms with E-state index in [0.29, 0.717) is 30.3 Å². The molecule has 1 saturated carbocycles. The van der Waals surface area contributed by atoms with Gasteiger partial charge in [-0.1, -0.05) is 31.9 Å². The summed E-state index contributed by atoms with van der Waals surface area (Å²) in [6.45, 7) is 5.99. The number of likely N-dealkylation sites (tertiary alicyclic amines) is 2. The van der Waals surface area contributed by atoms with Crippen LogP contribution in [-0.4, -0.2) is 84.7 Å². The Balaban J connectivity index is 1.06. The Morgan fingerprint density at radius 2 is 1.30 bits per heavy atom. The monoisotopic (exact) mass is 677 g/mol. The number of phenols is 2. The van der Waals surface area contributed by atoms with Gasteiger partial charge in [0.25, 0.3) is 0 Å². The second-order valence-corrected chi connectivity index (χ2v) is 17.6. The number of nitrogens with one attached hydrogen (secondary N) is 1. The molecule has 9 heteroatoms. The van der Waals surface area contributed by atoms with Gasteiger partial charge in [-0.05, 0) is 105 Å². The van der Waals surface area contributed by atoms with Crippen molar-refractivity contribution in [3.05, 3.63) is 69.0 Å². The fourth-order valence-corrected chi connectivity index (χ4v) is 13.3. The molecule has 8 atom stereocenters. The SMILES string of the molecule is CCCCCN1CC[C@]23c4c5ccc(O)c4O[C@H]2c2[nH]c4c(c2C[C@@]3(O)[C@H]1C5)C[C@@]1(O)[C@@H]2Cc3ccc(O)c5c3[C@@]1(CCN2CC1CC1)[C@H]4O5. The molecular formula is C41H47N3O6. The third-order valence-electron chi connectivity index (χ3n) is 15.6. The molecule has 9 aliphatic rings. The van der Waals surface area contributed by atoms with Crippen LogP contribution in [0.5, 0.6) is 23.0 Å². The number of H-pyrrole nitrogens is 1. The molecule has 3 fully saturated rings. The normalized spacial score (nSPS) is 39.3. The molecule has 0 unspecified atom stereocenters. The minimum atomic E-state index is -1.11. The molecule has 2 spiro atoms. The highest BCUT2D eigenvalue weighted by atomic mass is 16.5. The maximum absolute atomic E-state index is 13.5. The third kappa shape index (κ3) is 3.08. The van der Waals surface area contributed by atoms with Crippen LogP contribution >= 0.6 is 0 Å². The number of phenolic OH excluding ortho intramolecular Hbond substituents is 2. The van der Waals surface area contributed by atoms with E-state index < -0.39 is 34.2 Å². The highest BCUT2D eigenvalue weighted by molar-refractivity contribution is 5.68. The van der Waals surface area contributed by atoms with E-state index in [2.05, 4.69) is 33.8 Å². The largest absolute Gasteiger partial charge is 0.504 e. The molecule has 12 rings (SSSR count). The van der Waals surface area contributed by atoms with Gasteiger partial charge in [0.05, 0.1) is 33.4 Å². The zero-order chi connectivity index (χ0) is 33.5. The summed E-state index contributed by atoms with van der Waals surface area (Å²) < 4.78 is 13.9. The van der Waals surface area contributed by atoms with Crippen molar-refractivity contribution in [2.24, 2.45) is 5.92 Å². The Hall–Kier alpha value is -3.24. The Labute approximate surface area is 292 Å². The summed E-state index contributed by atoms with van der Waals surface area (Å²) in [6, 6.07) is 7.52. The van der Waals surface area contributed by atoms with Gasteiger partial charge in [0, 0.05) is 42.6 Å². The molecule has 5 heterocycles. The lowest BCUT2D eigenvalue weighted by atomic mass is 9.47. The standard InChI is InChI=1S/C41H47N3O6/c1-2-3-4-13-43-14-11-38-30-22-7-9-26(45)34(30)49-36(38)32-24(18-40(38,47)28(43)16-22)25-19-41(48)29-17-23-8-10-27(46)35-31(23)39(41,37(50-35)33(25)42-32)12-15-44(29)20-21-5-6-21/h7-10,21,28-29,36-37,42,45-48H,2-6,11-20H2,1H3/t28-,29+,36+,37+,38+,39+,40-,41-/m1/s1. The number of aromatic hydroxyl groups is 2. The van der Waals surface area contributed by atoms with Crippen molar-refractivity contribution in [2.45, 2.75) is 124 Å². The van der Waals surface area contributed by atoms with E-state index in [9.17, 15) is 20.4 Å². The number of hydrogen-bond acceptors (Lipinski definition) is 8. The van der Waals surface area contributed by atoms with Crippen LogP contribution in [0.3, 0.4) is 0 Å². The van der Waals surface area contributed by atoms with Gasteiger partial charge >= 0.3 is 0 Å². The predicted octanol–water partition coefficient (Wildman–Crippen LogP) is 4.60. The molecule has 9 nitrogen and oxygen atoms in total. The van der Waals surface area contributed by atoms with Crippen molar-refractivity contribution >= 4 is 0 Å². The van der Waals surface area contributed by atoms with Gasteiger partial charge < -0.3 is 34.9 Å². The lowest BCUT2D eigenvalue weighted by Gasteiger charge is -2.63. The van der Waals surface area contributed by atoms with Gasteiger partial charge in [0.2, 0.25) is 0 Å². The topological polar surface area (TPSA) is 122 Å². The van der Waals surface area contributed by atoms with Crippen LogP contribution in [-0.2, 0) is 36.5 Å². The van der Waals surface area contributed by atoms with Crippen molar-refractivity contribution < 1.29 is 29.9 Å². The van der Waals surface area contributed by atoms with Crippen LogP contribution in [0.25, 0.3) is 0 Å². The molecule has 3 aromatic rings.